The zero-order valence-electron chi connectivity index (χ0n) is 16.1. The predicted octanol–water partition coefficient (Wildman–Crippen LogP) is 5.53. The Kier molecular flexibility index (Phi) is 5.32. The Balaban J connectivity index is 1.60. The summed E-state index contributed by atoms with van der Waals surface area (Å²) in [7, 11) is 0. The van der Waals surface area contributed by atoms with Gasteiger partial charge in [-0.15, -0.1) is 0 Å². The van der Waals surface area contributed by atoms with Gasteiger partial charge in [-0.3, -0.25) is 4.79 Å². The van der Waals surface area contributed by atoms with Crippen LogP contribution in [0.1, 0.15) is 66.8 Å². The van der Waals surface area contributed by atoms with Gasteiger partial charge in [-0.2, -0.15) is 0 Å². The van der Waals surface area contributed by atoms with Crippen LogP contribution in [0, 0.1) is 12.7 Å². The number of pyridine rings is 1. The molecule has 4 nitrogen and oxygen atoms in total. The van der Waals surface area contributed by atoms with Crippen molar-refractivity contribution in [3.8, 4) is 0 Å². The minimum absolute atomic E-state index is 0.0864. The molecule has 28 heavy (non-hydrogen) atoms. The van der Waals surface area contributed by atoms with Crippen molar-refractivity contribution in [3.05, 3.63) is 67.4 Å². The molecule has 0 bridgehead atoms. The molecule has 0 atom stereocenters. The maximum atomic E-state index is 14.3. The summed E-state index contributed by atoms with van der Waals surface area (Å²) in [6, 6.07) is 7.16. The van der Waals surface area contributed by atoms with E-state index in [4.69, 9.17) is 0 Å². The maximum absolute atomic E-state index is 14.3. The molecular formula is C22H23BrFN3O. The Labute approximate surface area is 171 Å². The fourth-order valence-corrected chi connectivity index (χ4v) is 4.99. The largest absolute Gasteiger partial charge is 0.305 e. The summed E-state index contributed by atoms with van der Waals surface area (Å²) in [6.45, 7) is 3.97. The highest BCUT2D eigenvalue weighted by atomic mass is 79.9. The lowest BCUT2D eigenvalue weighted by atomic mass is 9.75. The molecule has 2 aromatic heterocycles. The number of hydrogen-bond acceptors (Lipinski definition) is 3. The lowest BCUT2D eigenvalue weighted by Gasteiger charge is -2.29. The molecule has 1 aromatic carbocycles. The van der Waals surface area contributed by atoms with Crippen LogP contribution < -0.4 is 5.56 Å². The van der Waals surface area contributed by atoms with Gasteiger partial charge in [0.15, 0.2) is 5.65 Å². The van der Waals surface area contributed by atoms with Gasteiger partial charge in [0.1, 0.15) is 15.9 Å². The van der Waals surface area contributed by atoms with Gasteiger partial charge < -0.3 is 4.98 Å². The molecule has 4 rings (SSSR count). The first-order valence-corrected chi connectivity index (χ1v) is 10.6. The van der Waals surface area contributed by atoms with Gasteiger partial charge in [0.2, 0.25) is 0 Å². The molecule has 1 fully saturated rings. The number of hydrogen-bond donors (Lipinski definition) is 1. The molecule has 0 amide bonds. The molecule has 0 spiro atoms. The van der Waals surface area contributed by atoms with Gasteiger partial charge >= 0.3 is 0 Å². The van der Waals surface area contributed by atoms with Crippen LogP contribution in [0.4, 0.5) is 4.39 Å². The zero-order valence-corrected chi connectivity index (χ0v) is 17.6. The third-order valence-electron chi connectivity index (χ3n) is 5.91. The molecule has 1 saturated carbocycles. The third kappa shape index (κ3) is 3.50. The van der Waals surface area contributed by atoms with E-state index < -0.39 is 0 Å². The Morgan fingerprint density at radius 2 is 1.89 bits per heavy atom. The summed E-state index contributed by atoms with van der Waals surface area (Å²) in [4.78, 5) is 24.7. The number of aromatic nitrogens is 3. The van der Waals surface area contributed by atoms with Crippen LogP contribution in [0.15, 0.2) is 33.7 Å². The second-order valence-corrected chi connectivity index (χ2v) is 8.37. The molecule has 0 unspecified atom stereocenters. The van der Waals surface area contributed by atoms with Crippen LogP contribution in [0.5, 0.6) is 0 Å². The van der Waals surface area contributed by atoms with Gasteiger partial charge in [0.05, 0.1) is 5.69 Å². The van der Waals surface area contributed by atoms with Crippen molar-refractivity contribution in [2.45, 2.75) is 57.8 Å². The van der Waals surface area contributed by atoms with Gasteiger partial charge in [0, 0.05) is 5.56 Å². The smallest absolute Gasteiger partial charge is 0.253 e. The van der Waals surface area contributed by atoms with Gasteiger partial charge in [0.25, 0.3) is 5.56 Å². The van der Waals surface area contributed by atoms with Gasteiger partial charge in [-0.1, -0.05) is 19.1 Å². The van der Waals surface area contributed by atoms with Crippen molar-refractivity contribution < 1.29 is 4.39 Å². The van der Waals surface area contributed by atoms with E-state index in [1.54, 1.807) is 12.1 Å². The van der Waals surface area contributed by atoms with Crippen molar-refractivity contribution in [3.63, 3.8) is 0 Å². The molecule has 3 aromatic rings. The number of halogens is 2. The van der Waals surface area contributed by atoms with E-state index in [2.05, 4.69) is 30.9 Å². The number of rotatable bonds is 3. The van der Waals surface area contributed by atoms with Crippen molar-refractivity contribution >= 4 is 27.1 Å². The van der Waals surface area contributed by atoms with Crippen LogP contribution in [-0.2, 0) is 6.42 Å². The molecule has 0 saturated heterocycles. The SMILES string of the molecule is CCc1nc2[nH]c(=O)c(C3CCC(c4c(C)cccc4F)CC3)cc2nc1Br. The van der Waals surface area contributed by atoms with E-state index in [0.29, 0.717) is 11.2 Å². The Hall–Kier alpha value is -2.08. The van der Waals surface area contributed by atoms with Gasteiger partial charge in [-0.25, -0.2) is 14.4 Å². The molecule has 0 radical (unpaired) electrons. The first kappa shape index (κ1) is 19.2. The Bertz CT molecular complexity index is 1070. The summed E-state index contributed by atoms with van der Waals surface area (Å²) in [6.07, 6.45) is 4.25. The average Bonchev–Trinajstić information content (AvgIpc) is 2.68. The fourth-order valence-electron chi connectivity index (χ4n) is 4.43. The number of benzene rings is 1. The third-order valence-corrected chi connectivity index (χ3v) is 6.55. The second kappa shape index (κ2) is 7.74. The van der Waals surface area contributed by atoms with E-state index in [1.165, 1.54) is 0 Å². The van der Waals surface area contributed by atoms with Crippen LogP contribution in [0.2, 0.25) is 0 Å². The number of fused-ring (bicyclic) bond motifs is 1. The predicted molar refractivity (Wildman–Crippen MR) is 112 cm³/mol. The molecule has 1 aliphatic carbocycles. The number of nitrogens with zero attached hydrogens (tertiary/aromatic N) is 2. The van der Waals surface area contributed by atoms with Crippen LogP contribution in [0.25, 0.3) is 11.2 Å². The molecule has 1 aliphatic rings. The van der Waals surface area contributed by atoms with Crippen molar-refractivity contribution in [2.75, 3.05) is 0 Å². The minimum Gasteiger partial charge on any atom is -0.305 e. The molecule has 6 heteroatoms. The average molecular weight is 444 g/mol. The standard InChI is InChI=1S/C22H23BrFN3O/c1-3-17-20(23)25-18-11-15(22(28)27-21(18)26-17)13-7-9-14(10-8-13)19-12(2)5-4-6-16(19)24/h4-6,11,13-14H,3,7-10H2,1-2H3,(H,26,27,28). The number of H-pyrrole nitrogens is 1. The second-order valence-electron chi connectivity index (χ2n) is 7.62. The lowest BCUT2D eigenvalue weighted by Crippen LogP contribution is -2.21. The summed E-state index contributed by atoms with van der Waals surface area (Å²) in [5, 5.41) is 0. The summed E-state index contributed by atoms with van der Waals surface area (Å²) < 4.78 is 15.0. The van der Waals surface area contributed by atoms with Crippen LogP contribution in [0.3, 0.4) is 0 Å². The fraction of sp³-hybridized carbons (Fsp3) is 0.409. The first-order valence-electron chi connectivity index (χ1n) is 9.82. The highest BCUT2D eigenvalue weighted by Crippen LogP contribution is 2.41. The summed E-state index contributed by atoms with van der Waals surface area (Å²) in [5.74, 6) is 0.278. The van der Waals surface area contributed by atoms with Crippen molar-refractivity contribution in [1.29, 1.82) is 0 Å². The highest BCUT2D eigenvalue weighted by Gasteiger charge is 2.28. The molecule has 146 valence electrons. The van der Waals surface area contributed by atoms with Crippen LogP contribution in [-0.4, -0.2) is 15.0 Å². The normalized spacial score (nSPS) is 19.9. The molecule has 2 heterocycles. The van der Waals surface area contributed by atoms with E-state index >= 15 is 0 Å². The monoisotopic (exact) mass is 443 g/mol. The number of aromatic amines is 1. The zero-order chi connectivity index (χ0) is 19.8. The summed E-state index contributed by atoms with van der Waals surface area (Å²) >= 11 is 3.46. The molecular weight excluding hydrogens is 421 g/mol. The Morgan fingerprint density at radius 1 is 1.18 bits per heavy atom. The minimum atomic E-state index is -0.112. The Morgan fingerprint density at radius 3 is 2.57 bits per heavy atom. The first-order chi connectivity index (χ1) is 13.5. The molecule has 0 aliphatic heterocycles. The van der Waals surface area contributed by atoms with Crippen LogP contribution >= 0.6 is 15.9 Å². The molecule has 1 N–H and O–H groups in total. The van der Waals surface area contributed by atoms with E-state index in [0.717, 1.165) is 59.1 Å². The highest BCUT2D eigenvalue weighted by molar-refractivity contribution is 9.10. The summed E-state index contributed by atoms with van der Waals surface area (Å²) in [5.41, 5.74) is 4.60. The lowest BCUT2D eigenvalue weighted by molar-refractivity contribution is 0.385. The van der Waals surface area contributed by atoms with E-state index in [1.807, 2.05) is 26.0 Å². The quantitative estimate of drug-likeness (QED) is 0.578. The van der Waals surface area contributed by atoms with Crippen molar-refractivity contribution in [1.82, 2.24) is 15.0 Å². The topological polar surface area (TPSA) is 58.6 Å². The van der Waals surface area contributed by atoms with Gasteiger partial charge in [-0.05, 0) is 90.1 Å². The maximum Gasteiger partial charge on any atom is 0.253 e. The number of nitrogens with one attached hydrogen (secondary N) is 1. The number of aryl methyl sites for hydroxylation is 2. The van der Waals surface area contributed by atoms with Crippen molar-refractivity contribution in [2.24, 2.45) is 0 Å². The van der Waals surface area contributed by atoms with E-state index in [-0.39, 0.29) is 23.2 Å². The van der Waals surface area contributed by atoms with E-state index in [9.17, 15) is 9.18 Å².